The number of likely N-dealkylation sites (N-methyl/N-ethyl adjacent to an activating group) is 1. The van der Waals surface area contributed by atoms with E-state index in [0.717, 1.165) is 54.5 Å². The van der Waals surface area contributed by atoms with E-state index in [1.807, 2.05) is 25.2 Å². The minimum absolute atomic E-state index is 0.344. The van der Waals surface area contributed by atoms with Crippen molar-refractivity contribution in [2.45, 2.75) is 44.3 Å². The molecule has 1 aromatic rings. The van der Waals surface area contributed by atoms with Gasteiger partial charge in [0.1, 0.15) is 5.75 Å². The summed E-state index contributed by atoms with van der Waals surface area (Å²) in [6, 6.07) is 7.37. The van der Waals surface area contributed by atoms with Crippen LogP contribution in [0.5, 0.6) is 5.75 Å². The molecule has 1 heterocycles. The molecule has 150 valence electrons. The molecule has 1 aliphatic carbocycles. The molecule has 0 bridgehead atoms. The number of aliphatic imine (C=N–C) groups is 1. The fourth-order valence-corrected chi connectivity index (χ4v) is 3.79. The van der Waals surface area contributed by atoms with Crippen molar-refractivity contribution in [2.75, 3.05) is 45.7 Å². The van der Waals surface area contributed by atoms with E-state index >= 15 is 0 Å². The molecule has 7 heteroatoms. The Morgan fingerprint density at radius 1 is 1.41 bits per heavy atom. The standard InChI is InChI=1S/C20H32ClN5O/c1-14(25(3)17-6-7-17)12-23-20(22-2)24-16-9-10-26(13-16)18-11-15(21)5-8-19(18)27-4/h5,8,11,14,16-17H,6-7,9-10,12-13H2,1-4H3,(H2,22,23,24). The van der Waals surface area contributed by atoms with Crippen LogP contribution in [0.4, 0.5) is 5.69 Å². The van der Waals surface area contributed by atoms with Crippen LogP contribution in [0.1, 0.15) is 26.2 Å². The summed E-state index contributed by atoms with van der Waals surface area (Å²) in [5.41, 5.74) is 1.05. The topological polar surface area (TPSA) is 52.1 Å². The molecule has 3 rings (SSSR count). The second kappa shape index (κ2) is 9.02. The van der Waals surface area contributed by atoms with E-state index in [0.29, 0.717) is 12.1 Å². The summed E-state index contributed by atoms with van der Waals surface area (Å²) in [7, 11) is 5.74. The Bertz CT molecular complexity index is 664. The van der Waals surface area contributed by atoms with Gasteiger partial charge in [0.2, 0.25) is 0 Å². The van der Waals surface area contributed by atoms with Crippen LogP contribution in [-0.4, -0.2) is 69.8 Å². The number of ether oxygens (including phenoxy) is 1. The van der Waals surface area contributed by atoms with Crippen molar-refractivity contribution in [1.82, 2.24) is 15.5 Å². The van der Waals surface area contributed by atoms with Crippen molar-refractivity contribution in [2.24, 2.45) is 4.99 Å². The van der Waals surface area contributed by atoms with E-state index in [9.17, 15) is 0 Å². The minimum Gasteiger partial charge on any atom is -0.495 e. The fraction of sp³-hybridized carbons (Fsp3) is 0.650. The Morgan fingerprint density at radius 2 is 2.19 bits per heavy atom. The third kappa shape index (κ3) is 5.20. The van der Waals surface area contributed by atoms with Gasteiger partial charge in [0.05, 0.1) is 12.8 Å². The molecule has 27 heavy (non-hydrogen) atoms. The Balaban J connectivity index is 1.51. The van der Waals surface area contributed by atoms with Crippen molar-refractivity contribution in [3.05, 3.63) is 23.2 Å². The molecule has 6 nitrogen and oxygen atoms in total. The van der Waals surface area contributed by atoms with Gasteiger partial charge in [-0.3, -0.25) is 9.89 Å². The van der Waals surface area contributed by atoms with Crippen LogP contribution < -0.4 is 20.3 Å². The molecular formula is C20H32ClN5O. The number of nitrogens with zero attached hydrogens (tertiary/aromatic N) is 3. The summed E-state index contributed by atoms with van der Waals surface area (Å²) < 4.78 is 5.50. The molecule has 0 radical (unpaired) electrons. The second-order valence-electron chi connectivity index (χ2n) is 7.59. The van der Waals surface area contributed by atoms with E-state index in [2.05, 4.69) is 39.4 Å². The number of methoxy groups -OCH3 is 1. The lowest BCUT2D eigenvalue weighted by Gasteiger charge is -2.26. The van der Waals surface area contributed by atoms with Crippen molar-refractivity contribution in [1.29, 1.82) is 0 Å². The van der Waals surface area contributed by atoms with Gasteiger partial charge in [0, 0.05) is 49.8 Å². The lowest BCUT2D eigenvalue weighted by Crippen LogP contribution is -2.48. The van der Waals surface area contributed by atoms with Gasteiger partial charge in [-0.2, -0.15) is 0 Å². The number of halogens is 1. The average Bonchev–Trinajstić information content (AvgIpc) is 3.42. The van der Waals surface area contributed by atoms with E-state index in [1.165, 1.54) is 12.8 Å². The summed E-state index contributed by atoms with van der Waals surface area (Å²) in [4.78, 5) is 9.18. The van der Waals surface area contributed by atoms with Crippen LogP contribution in [0, 0.1) is 0 Å². The van der Waals surface area contributed by atoms with Crippen LogP contribution in [0.25, 0.3) is 0 Å². The molecular weight excluding hydrogens is 362 g/mol. The van der Waals surface area contributed by atoms with Gasteiger partial charge in [-0.05, 0) is 51.4 Å². The second-order valence-corrected chi connectivity index (χ2v) is 8.03. The molecule has 2 atom stereocenters. The lowest BCUT2D eigenvalue weighted by molar-refractivity contribution is 0.247. The van der Waals surface area contributed by atoms with Crippen LogP contribution in [0.3, 0.4) is 0 Å². The highest BCUT2D eigenvalue weighted by Gasteiger charge is 2.29. The van der Waals surface area contributed by atoms with E-state index in [-0.39, 0.29) is 0 Å². The maximum atomic E-state index is 6.19. The smallest absolute Gasteiger partial charge is 0.191 e. The molecule has 2 unspecified atom stereocenters. The molecule has 1 saturated heterocycles. The Kier molecular flexibility index (Phi) is 6.71. The van der Waals surface area contributed by atoms with Gasteiger partial charge >= 0.3 is 0 Å². The third-order valence-corrected chi connectivity index (χ3v) is 5.85. The Morgan fingerprint density at radius 3 is 2.85 bits per heavy atom. The Labute approximate surface area is 167 Å². The third-order valence-electron chi connectivity index (χ3n) is 5.62. The number of hydrogen-bond donors (Lipinski definition) is 2. The molecule has 0 spiro atoms. The predicted molar refractivity (Wildman–Crippen MR) is 113 cm³/mol. The highest BCUT2D eigenvalue weighted by atomic mass is 35.5. The molecule has 1 saturated carbocycles. The van der Waals surface area contributed by atoms with Gasteiger partial charge in [-0.15, -0.1) is 0 Å². The van der Waals surface area contributed by atoms with E-state index in [1.54, 1.807) is 7.11 Å². The van der Waals surface area contributed by atoms with Crippen molar-refractivity contribution in [3.63, 3.8) is 0 Å². The molecule has 2 N–H and O–H groups in total. The Hall–Kier alpha value is -1.66. The number of nitrogens with one attached hydrogen (secondary N) is 2. The van der Waals surface area contributed by atoms with Gasteiger partial charge in [-0.1, -0.05) is 11.6 Å². The summed E-state index contributed by atoms with van der Waals surface area (Å²) >= 11 is 6.19. The first-order valence-electron chi connectivity index (χ1n) is 9.79. The normalized spacial score (nSPS) is 21.5. The minimum atomic E-state index is 0.344. The van der Waals surface area contributed by atoms with Gasteiger partial charge in [0.25, 0.3) is 0 Å². The highest BCUT2D eigenvalue weighted by molar-refractivity contribution is 6.30. The molecule has 0 aromatic heterocycles. The summed E-state index contributed by atoms with van der Waals surface area (Å²) in [6.07, 6.45) is 3.71. The SMILES string of the molecule is CN=C(NCC(C)N(C)C1CC1)NC1CCN(c2cc(Cl)ccc2OC)C1. The first-order valence-corrected chi connectivity index (χ1v) is 10.2. The summed E-state index contributed by atoms with van der Waals surface area (Å²) in [5.74, 6) is 1.73. The molecule has 0 amide bonds. The average molecular weight is 394 g/mol. The van der Waals surface area contributed by atoms with Crippen molar-refractivity contribution in [3.8, 4) is 5.75 Å². The van der Waals surface area contributed by atoms with Crippen LogP contribution in [-0.2, 0) is 0 Å². The van der Waals surface area contributed by atoms with Crippen molar-refractivity contribution >= 4 is 23.2 Å². The quantitative estimate of drug-likeness (QED) is 0.550. The monoisotopic (exact) mass is 393 g/mol. The van der Waals surface area contributed by atoms with Crippen LogP contribution in [0.15, 0.2) is 23.2 Å². The number of hydrogen-bond acceptors (Lipinski definition) is 4. The van der Waals surface area contributed by atoms with Gasteiger partial charge < -0.3 is 20.3 Å². The largest absolute Gasteiger partial charge is 0.495 e. The predicted octanol–water partition coefficient (Wildman–Crippen LogP) is 2.58. The maximum absolute atomic E-state index is 6.19. The molecule has 1 aromatic carbocycles. The molecule has 2 fully saturated rings. The first kappa shape index (κ1) is 20.1. The fourth-order valence-electron chi connectivity index (χ4n) is 3.63. The number of anilines is 1. The summed E-state index contributed by atoms with van der Waals surface area (Å²) in [6.45, 7) is 5.02. The lowest BCUT2D eigenvalue weighted by atomic mass is 10.2. The zero-order valence-corrected chi connectivity index (χ0v) is 17.6. The van der Waals surface area contributed by atoms with Crippen LogP contribution in [0.2, 0.25) is 5.02 Å². The zero-order valence-electron chi connectivity index (χ0n) is 16.8. The van der Waals surface area contributed by atoms with Crippen LogP contribution >= 0.6 is 11.6 Å². The molecule has 2 aliphatic rings. The summed E-state index contributed by atoms with van der Waals surface area (Å²) in [5, 5.41) is 7.77. The van der Waals surface area contributed by atoms with Gasteiger partial charge in [-0.25, -0.2) is 0 Å². The molecule has 1 aliphatic heterocycles. The maximum Gasteiger partial charge on any atom is 0.191 e. The highest BCUT2D eigenvalue weighted by Crippen LogP contribution is 2.33. The number of rotatable bonds is 7. The first-order chi connectivity index (χ1) is 13.0. The zero-order chi connectivity index (χ0) is 19.4. The van der Waals surface area contributed by atoms with Crippen molar-refractivity contribution < 1.29 is 4.74 Å². The number of guanidine groups is 1. The van der Waals surface area contributed by atoms with E-state index < -0.39 is 0 Å². The number of benzene rings is 1. The van der Waals surface area contributed by atoms with E-state index in [4.69, 9.17) is 16.3 Å². The van der Waals surface area contributed by atoms with Gasteiger partial charge in [0.15, 0.2) is 5.96 Å².